The topological polar surface area (TPSA) is 115 Å². The Labute approximate surface area is 124 Å². The first-order valence-corrected chi connectivity index (χ1v) is 9.88. The fourth-order valence-electron chi connectivity index (χ4n) is 1.48. The van der Waals surface area contributed by atoms with Gasteiger partial charge in [-0.05, 0) is 24.3 Å². The zero-order chi connectivity index (χ0) is 16.3. The Morgan fingerprint density at radius 3 is 2.10 bits per heavy atom. The largest absolute Gasteiger partial charge is 0.399 e. The number of anilines is 2. The second-order valence-electron chi connectivity index (χ2n) is 4.77. The molecule has 7 nitrogen and oxygen atoms in total. The van der Waals surface area contributed by atoms with Crippen molar-refractivity contribution in [1.82, 2.24) is 0 Å². The molecule has 0 radical (unpaired) electrons. The highest BCUT2D eigenvalue weighted by atomic mass is 32.2. The number of amides is 1. The van der Waals surface area contributed by atoms with E-state index in [0.29, 0.717) is 11.4 Å². The molecular formula is C12H18N2O5S2. The number of sulfone groups is 2. The molecule has 0 aliphatic rings. The summed E-state index contributed by atoms with van der Waals surface area (Å²) in [6.45, 7) is 0. The fraction of sp³-hybridized carbons (Fsp3) is 0.417. The van der Waals surface area contributed by atoms with Crippen LogP contribution in [0.2, 0.25) is 0 Å². The summed E-state index contributed by atoms with van der Waals surface area (Å²) < 4.78 is 45.4. The number of hydrogen-bond donors (Lipinski definition) is 1. The molecule has 0 heterocycles. The second-order valence-corrected chi connectivity index (χ2v) is 9.21. The van der Waals surface area contributed by atoms with Crippen molar-refractivity contribution in [1.29, 1.82) is 0 Å². The monoisotopic (exact) mass is 334 g/mol. The Morgan fingerprint density at radius 1 is 1.10 bits per heavy atom. The molecule has 0 saturated heterocycles. The van der Waals surface area contributed by atoms with E-state index in [1.54, 1.807) is 24.3 Å². The van der Waals surface area contributed by atoms with Gasteiger partial charge < -0.3 is 10.6 Å². The summed E-state index contributed by atoms with van der Waals surface area (Å²) >= 11 is 0. The lowest BCUT2D eigenvalue weighted by molar-refractivity contribution is -0.115. The molecule has 9 heteroatoms. The van der Waals surface area contributed by atoms with Gasteiger partial charge in [-0.2, -0.15) is 0 Å². The zero-order valence-corrected chi connectivity index (χ0v) is 13.4. The molecule has 1 amide bonds. The number of nitrogens with two attached hydrogens (primary N) is 1. The quantitative estimate of drug-likeness (QED) is 0.714. The number of carbonyl (C=O) groups is 1. The second kappa shape index (κ2) is 6.44. The standard InChI is InChI=1S/C12H18N2O5S2/c1-14(11-5-3-10(13)4-6-11)12(15)9-21(18,19)8-7-20(2,16)17/h3-6H,7-9,13H2,1-2H3. The minimum Gasteiger partial charge on any atom is -0.399 e. The molecule has 0 bridgehead atoms. The van der Waals surface area contributed by atoms with E-state index >= 15 is 0 Å². The van der Waals surface area contributed by atoms with Crippen molar-refractivity contribution in [3.05, 3.63) is 24.3 Å². The van der Waals surface area contributed by atoms with Gasteiger partial charge in [-0.1, -0.05) is 0 Å². The molecule has 0 fully saturated rings. The first-order chi connectivity index (χ1) is 9.50. The smallest absolute Gasteiger partial charge is 0.241 e. The predicted molar refractivity (Wildman–Crippen MR) is 82.6 cm³/mol. The van der Waals surface area contributed by atoms with Gasteiger partial charge in [0.2, 0.25) is 5.91 Å². The van der Waals surface area contributed by atoms with Gasteiger partial charge in [0, 0.05) is 24.7 Å². The van der Waals surface area contributed by atoms with Gasteiger partial charge >= 0.3 is 0 Å². The molecule has 0 unspecified atom stereocenters. The number of benzene rings is 1. The summed E-state index contributed by atoms with van der Waals surface area (Å²) in [5.41, 5.74) is 6.56. The number of nitrogen functional groups attached to an aromatic ring is 1. The number of rotatable bonds is 6. The van der Waals surface area contributed by atoms with E-state index in [4.69, 9.17) is 5.73 Å². The molecule has 2 N–H and O–H groups in total. The molecule has 1 aromatic carbocycles. The molecule has 0 saturated carbocycles. The van der Waals surface area contributed by atoms with Gasteiger partial charge in [0.1, 0.15) is 15.6 Å². The maximum Gasteiger partial charge on any atom is 0.241 e. The first-order valence-electron chi connectivity index (χ1n) is 6.00. The van der Waals surface area contributed by atoms with Crippen LogP contribution in [0.1, 0.15) is 0 Å². The highest BCUT2D eigenvalue weighted by molar-refractivity contribution is 7.95. The third kappa shape index (κ3) is 6.13. The average Bonchev–Trinajstić information content (AvgIpc) is 2.35. The molecule has 0 atom stereocenters. The van der Waals surface area contributed by atoms with Crippen molar-refractivity contribution in [2.45, 2.75) is 0 Å². The summed E-state index contributed by atoms with van der Waals surface area (Å²) in [4.78, 5) is 13.1. The normalized spacial score (nSPS) is 12.1. The molecule has 0 aliphatic heterocycles. The van der Waals surface area contributed by atoms with Crippen LogP contribution < -0.4 is 10.6 Å². The zero-order valence-electron chi connectivity index (χ0n) is 11.8. The molecule has 1 aromatic rings. The molecule has 0 aromatic heterocycles. The molecule has 0 aliphatic carbocycles. The number of nitrogens with zero attached hydrogens (tertiary/aromatic N) is 1. The SMILES string of the molecule is CN(C(=O)CS(=O)(=O)CCS(C)(=O)=O)c1ccc(N)cc1. The molecule has 118 valence electrons. The van der Waals surface area contributed by atoms with Crippen LogP contribution in [0.5, 0.6) is 0 Å². The lowest BCUT2D eigenvalue weighted by Crippen LogP contribution is -2.34. The van der Waals surface area contributed by atoms with E-state index in [2.05, 4.69) is 0 Å². The van der Waals surface area contributed by atoms with Crippen molar-refractivity contribution in [3.8, 4) is 0 Å². The van der Waals surface area contributed by atoms with Gasteiger partial charge in [-0.3, -0.25) is 4.79 Å². The molecular weight excluding hydrogens is 316 g/mol. The first kappa shape index (κ1) is 17.4. The Kier molecular flexibility index (Phi) is 5.35. The van der Waals surface area contributed by atoms with Crippen LogP contribution in [0.3, 0.4) is 0 Å². The van der Waals surface area contributed by atoms with Crippen molar-refractivity contribution in [2.24, 2.45) is 0 Å². The van der Waals surface area contributed by atoms with E-state index in [1.165, 1.54) is 11.9 Å². The van der Waals surface area contributed by atoms with E-state index in [9.17, 15) is 21.6 Å². The van der Waals surface area contributed by atoms with Gasteiger partial charge in [0.05, 0.1) is 11.5 Å². The highest BCUT2D eigenvalue weighted by Crippen LogP contribution is 2.15. The Hall–Kier alpha value is -1.61. The Morgan fingerprint density at radius 2 is 1.62 bits per heavy atom. The van der Waals surface area contributed by atoms with Crippen LogP contribution >= 0.6 is 0 Å². The fourth-order valence-corrected chi connectivity index (χ4v) is 4.42. The van der Waals surface area contributed by atoms with E-state index in [0.717, 1.165) is 6.26 Å². The van der Waals surface area contributed by atoms with Crippen molar-refractivity contribution >= 4 is 37.0 Å². The molecule has 21 heavy (non-hydrogen) atoms. The number of hydrogen-bond acceptors (Lipinski definition) is 6. The lowest BCUT2D eigenvalue weighted by atomic mass is 10.2. The van der Waals surface area contributed by atoms with Gasteiger partial charge in [-0.15, -0.1) is 0 Å². The summed E-state index contributed by atoms with van der Waals surface area (Å²) in [5, 5.41) is 0. The summed E-state index contributed by atoms with van der Waals surface area (Å²) in [5.74, 6) is -2.42. The summed E-state index contributed by atoms with van der Waals surface area (Å²) in [7, 11) is -5.71. The van der Waals surface area contributed by atoms with Gasteiger partial charge in [0.15, 0.2) is 9.84 Å². The highest BCUT2D eigenvalue weighted by Gasteiger charge is 2.22. The van der Waals surface area contributed by atoms with Crippen LogP contribution in [0.15, 0.2) is 24.3 Å². The third-order valence-corrected chi connectivity index (χ3v) is 5.48. The third-order valence-electron chi connectivity index (χ3n) is 2.76. The van der Waals surface area contributed by atoms with Crippen LogP contribution in [-0.4, -0.2) is 53.3 Å². The van der Waals surface area contributed by atoms with Gasteiger partial charge in [0.25, 0.3) is 0 Å². The van der Waals surface area contributed by atoms with Crippen LogP contribution in [-0.2, 0) is 24.5 Å². The van der Waals surface area contributed by atoms with Gasteiger partial charge in [-0.25, -0.2) is 16.8 Å². The molecule has 0 spiro atoms. The Balaban J connectivity index is 2.73. The molecule has 1 rings (SSSR count). The van der Waals surface area contributed by atoms with Crippen LogP contribution in [0.25, 0.3) is 0 Å². The van der Waals surface area contributed by atoms with E-state index in [-0.39, 0.29) is 0 Å². The van der Waals surface area contributed by atoms with Crippen molar-refractivity contribution in [3.63, 3.8) is 0 Å². The van der Waals surface area contributed by atoms with E-state index in [1.807, 2.05) is 0 Å². The van der Waals surface area contributed by atoms with Crippen molar-refractivity contribution in [2.75, 3.05) is 41.2 Å². The number of carbonyl (C=O) groups excluding carboxylic acids is 1. The maximum absolute atomic E-state index is 11.9. The Bertz CT molecular complexity index is 709. The van der Waals surface area contributed by atoms with E-state index < -0.39 is 42.8 Å². The lowest BCUT2D eigenvalue weighted by Gasteiger charge is -2.17. The predicted octanol–water partition coefficient (Wildman–Crippen LogP) is -0.309. The van der Waals surface area contributed by atoms with Crippen LogP contribution in [0.4, 0.5) is 11.4 Å². The summed E-state index contributed by atoms with van der Waals surface area (Å²) in [6.07, 6.45) is 0.949. The minimum absolute atomic E-state index is 0.492. The average molecular weight is 334 g/mol. The van der Waals surface area contributed by atoms with Crippen molar-refractivity contribution < 1.29 is 21.6 Å². The summed E-state index contributed by atoms with van der Waals surface area (Å²) in [6, 6.07) is 6.38. The van der Waals surface area contributed by atoms with Crippen LogP contribution in [0, 0.1) is 0 Å². The minimum atomic E-state index is -3.77. The maximum atomic E-state index is 11.9.